The SMILES string of the molecule is CN1CCN(c2c(Cl)cccc2NC(=O)c2ccc(-c3cccc(C(F)(F)F)c3)o2)CC1. The van der Waals surface area contributed by atoms with Gasteiger partial charge in [0.05, 0.1) is 22.0 Å². The number of nitrogens with zero attached hydrogens (tertiary/aromatic N) is 2. The Balaban J connectivity index is 1.55. The van der Waals surface area contributed by atoms with Crippen molar-refractivity contribution in [1.82, 2.24) is 4.90 Å². The Morgan fingerprint density at radius 2 is 1.75 bits per heavy atom. The Labute approximate surface area is 188 Å². The minimum Gasteiger partial charge on any atom is -0.451 e. The first-order valence-corrected chi connectivity index (χ1v) is 10.4. The molecule has 1 fully saturated rings. The molecular weight excluding hydrogens is 443 g/mol. The molecular formula is C23H21ClF3N3O2. The summed E-state index contributed by atoms with van der Waals surface area (Å²) >= 11 is 6.44. The third kappa shape index (κ3) is 4.76. The zero-order valence-electron chi connectivity index (χ0n) is 17.2. The van der Waals surface area contributed by atoms with Crippen LogP contribution < -0.4 is 10.2 Å². The van der Waals surface area contributed by atoms with Gasteiger partial charge in [-0.2, -0.15) is 13.2 Å². The predicted octanol–water partition coefficient (Wildman–Crippen LogP) is 5.62. The maximum atomic E-state index is 13.0. The van der Waals surface area contributed by atoms with Gasteiger partial charge in [-0.1, -0.05) is 29.8 Å². The van der Waals surface area contributed by atoms with Crippen LogP contribution in [0.4, 0.5) is 24.5 Å². The minimum absolute atomic E-state index is 0.0123. The number of amides is 1. The van der Waals surface area contributed by atoms with Crippen LogP contribution in [0, 0.1) is 0 Å². The summed E-state index contributed by atoms with van der Waals surface area (Å²) in [5.74, 6) is -0.353. The lowest BCUT2D eigenvalue weighted by atomic mass is 10.1. The Hall–Kier alpha value is -2.97. The van der Waals surface area contributed by atoms with Crippen molar-refractivity contribution >= 4 is 28.9 Å². The second-order valence-electron chi connectivity index (χ2n) is 7.62. The summed E-state index contributed by atoms with van der Waals surface area (Å²) in [7, 11) is 2.05. The number of halogens is 4. The van der Waals surface area contributed by atoms with Crippen LogP contribution in [0.1, 0.15) is 16.1 Å². The van der Waals surface area contributed by atoms with Gasteiger partial charge in [-0.3, -0.25) is 4.79 Å². The van der Waals surface area contributed by atoms with Crippen LogP contribution >= 0.6 is 11.6 Å². The highest BCUT2D eigenvalue weighted by molar-refractivity contribution is 6.34. The van der Waals surface area contributed by atoms with Crippen molar-refractivity contribution in [2.45, 2.75) is 6.18 Å². The van der Waals surface area contributed by atoms with Crippen LogP contribution in [-0.2, 0) is 6.18 Å². The van der Waals surface area contributed by atoms with Crippen LogP contribution in [0.15, 0.2) is 59.0 Å². The minimum atomic E-state index is -4.46. The van der Waals surface area contributed by atoms with Gasteiger partial charge < -0.3 is 19.5 Å². The number of para-hydroxylation sites is 1. The van der Waals surface area contributed by atoms with Crippen molar-refractivity contribution in [3.05, 3.63) is 70.9 Å². The average molecular weight is 464 g/mol. The highest BCUT2D eigenvalue weighted by atomic mass is 35.5. The first kappa shape index (κ1) is 22.2. The molecule has 2 heterocycles. The van der Waals surface area contributed by atoms with E-state index >= 15 is 0 Å². The quantitative estimate of drug-likeness (QED) is 0.545. The molecule has 0 bridgehead atoms. The molecule has 1 aromatic heterocycles. The number of carbonyl (C=O) groups excluding carboxylic acids is 1. The van der Waals surface area contributed by atoms with Crippen molar-refractivity contribution in [1.29, 1.82) is 0 Å². The molecule has 0 unspecified atom stereocenters. The first-order chi connectivity index (χ1) is 15.2. The number of benzene rings is 2. The van der Waals surface area contributed by atoms with Crippen LogP contribution in [0.5, 0.6) is 0 Å². The topological polar surface area (TPSA) is 48.7 Å². The average Bonchev–Trinajstić information content (AvgIpc) is 3.25. The molecule has 1 amide bonds. The van der Waals surface area contributed by atoms with Crippen LogP contribution in [0.2, 0.25) is 5.02 Å². The fraction of sp³-hybridized carbons (Fsp3) is 0.261. The largest absolute Gasteiger partial charge is 0.451 e. The molecule has 0 radical (unpaired) electrons. The van der Waals surface area contributed by atoms with Crippen molar-refractivity contribution in [3.8, 4) is 11.3 Å². The molecule has 5 nitrogen and oxygen atoms in total. The summed E-state index contributed by atoms with van der Waals surface area (Å²) in [6, 6.07) is 13.0. The van der Waals surface area contributed by atoms with E-state index in [0.29, 0.717) is 10.7 Å². The Bertz CT molecular complexity index is 1120. The number of piperazine rings is 1. The van der Waals surface area contributed by atoms with Gasteiger partial charge >= 0.3 is 6.18 Å². The van der Waals surface area contributed by atoms with E-state index in [1.807, 2.05) is 7.05 Å². The molecule has 0 saturated carbocycles. The number of alkyl halides is 3. The van der Waals surface area contributed by atoms with E-state index < -0.39 is 17.6 Å². The number of hydrogen-bond donors (Lipinski definition) is 1. The number of hydrogen-bond acceptors (Lipinski definition) is 4. The third-order valence-electron chi connectivity index (χ3n) is 5.36. The molecule has 1 aliphatic rings. The number of carbonyl (C=O) groups is 1. The van der Waals surface area contributed by atoms with Crippen molar-refractivity contribution in [2.24, 2.45) is 0 Å². The lowest BCUT2D eigenvalue weighted by Crippen LogP contribution is -2.44. The Morgan fingerprint density at radius 1 is 1.03 bits per heavy atom. The summed E-state index contributed by atoms with van der Waals surface area (Å²) < 4.78 is 44.5. The molecule has 0 spiro atoms. The zero-order chi connectivity index (χ0) is 22.9. The van der Waals surface area contributed by atoms with Crippen molar-refractivity contribution < 1.29 is 22.4 Å². The molecule has 2 aromatic carbocycles. The fourth-order valence-corrected chi connectivity index (χ4v) is 3.91. The lowest BCUT2D eigenvalue weighted by molar-refractivity contribution is -0.137. The van der Waals surface area contributed by atoms with Gasteiger partial charge in [0.1, 0.15) is 5.76 Å². The van der Waals surface area contributed by atoms with Crippen molar-refractivity contribution in [2.75, 3.05) is 43.4 Å². The summed E-state index contributed by atoms with van der Waals surface area (Å²) in [6.45, 7) is 3.28. The van der Waals surface area contributed by atoms with Crippen LogP contribution in [0.3, 0.4) is 0 Å². The molecule has 0 atom stereocenters. The molecule has 1 saturated heterocycles. The first-order valence-electron chi connectivity index (χ1n) is 10.0. The van der Waals surface area contributed by atoms with Gasteiger partial charge in [-0.15, -0.1) is 0 Å². The highest BCUT2D eigenvalue weighted by Gasteiger charge is 2.30. The summed E-state index contributed by atoms with van der Waals surface area (Å²) in [4.78, 5) is 17.2. The van der Waals surface area contributed by atoms with E-state index in [4.69, 9.17) is 16.0 Å². The molecule has 1 N–H and O–H groups in total. The molecule has 4 rings (SSSR count). The van der Waals surface area contributed by atoms with E-state index in [1.165, 1.54) is 24.3 Å². The van der Waals surface area contributed by atoms with Crippen LogP contribution in [-0.4, -0.2) is 44.0 Å². The zero-order valence-corrected chi connectivity index (χ0v) is 18.0. The van der Waals surface area contributed by atoms with Crippen LogP contribution in [0.25, 0.3) is 11.3 Å². The van der Waals surface area contributed by atoms with E-state index in [9.17, 15) is 18.0 Å². The normalized spacial score (nSPS) is 15.1. The standard InChI is InChI=1S/C23H21ClF3N3O2/c1-29-10-12-30(13-11-29)21-17(24)6-3-7-18(21)28-22(31)20-9-8-19(32-20)15-4-2-5-16(14-15)23(25,26)27/h2-9,14H,10-13H2,1H3,(H,28,31). The van der Waals surface area contributed by atoms with E-state index in [-0.39, 0.29) is 17.1 Å². The smallest absolute Gasteiger partial charge is 0.416 e. The second-order valence-corrected chi connectivity index (χ2v) is 8.03. The van der Waals surface area contributed by atoms with Gasteiger partial charge in [-0.05, 0) is 43.4 Å². The van der Waals surface area contributed by atoms with E-state index in [2.05, 4.69) is 15.1 Å². The van der Waals surface area contributed by atoms with E-state index in [1.54, 1.807) is 18.2 Å². The van der Waals surface area contributed by atoms with Gasteiger partial charge in [0, 0.05) is 31.7 Å². The van der Waals surface area contributed by atoms with Gasteiger partial charge in [0.25, 0.3) is 5.91 Å². The van der Waals surface area contributed by atoms with Gasteiger partial charge in [0.2, 0.25) is 0 Å². The monoisotopic (exact) mass is 463 g/mol. The number of rotatable bonds is 4. The molecule has 1 aliphatic heterocycles. The number of anilines is 2. The van der Waals surface area contributed by atoms with E-state index in [0.717, 1.165) is 44.0 Å². The second kappa shape index (κ2) is 8.88. The number of nitrogens with one attached hydrogen (secondary N) is 1. The lowest BCUT2D eigenvalue weighted by Gasteiger charge is -2.35. The summed E-state index contributed by atoms with van der Waals surface area (Å²) in [5, 5.41) is 3.35. The molecule has 32 heavy (non-hydrogen) atoms. The third-order valence-corrected chi connectivity index (χ3v) is 5.66. The summed E-state index contributed by atoms with van der Waals surface area (Å²) in [5.41, 5.74) is 0.734. The number of likely N-dealkylation sites (N-methyl/N-ethyl adjacent to an activating group) is 1. The van der Waals surface area contributed by atoms with Gasteiger partial charge in [-0.25, -0.2) is 0 Å². The number of furan rings is 1. The molecule has 3 aromatic rings. The predicted molar refractivity (Wildman–Crippen MR) is 118 cm³/mol. The Morgan fingerprint density at radius 3 is 2.47 bits per heavy atom. The fourth-order valence-electron chi connectivity index (χ4n) is 3.62. The maximum absolute atomic E-state index is 13.0. The van der Waals surface area contributed by atoms with Gasteiger partial charge in [0.15, 0.2) is 5.76 Å². The maximum Gasteiger partial charge on any atom is 0.416 e. The Kier molecular flexibility index (Phi) is 6.17. The molecule has 0 aliphatic carbocycles. The summed E-state index contributed by atoms with van der Waals surface area (Å²) in [6.07, 6.45) is -4.46. The molecule has 9 heteroatoms. The van der Waals surface area contributed by atoms with Crippen molar-refractivity contribution in [3.63, 3.8) is 0 Å². The molecule has 168 valence electrons. The highest BCUT2D eigenvalue weighted by Crippen LogP contribution is 2.36.